The van der Waals surface area contributed by atoms with Crippen molar-refractivity contribution in [2.45, 2.75) is 71.5 Å². The van der Waals surface area contributed by atoms with Gasteiger partial charge in [0.15, 0.2) is 0 Å². The minimum absolute atomic E-state index is 0.266. The summed E-state index contributed by atoms with van der Waals surface area (Å²) in [6, 6.07) is 0.747. The first-order valence-electron chi connectivity index (χ1n) is 6.18. The van der Waals surface area contributed by atoms with E-state index in [-0.39, 0.29) is 11.1 Å². The monoisotopic (exact) mass is 212 g/mol. The molecule has 0 aromatic heterocycles. The van der Waals surface area contributed by atoms with E-state index in [2.05, 4.69) is 52.2 Å². The molecule has 0 saturated heterocycles. The maximum atomic E-state index is 3.65. The van der Waals surface area contributed by atoms with Crippen molar-refractivity contribution in [3.8, 4) is 0 Å². The molecular weight excluding hydrogens is 184 g/mol. The Hall–Kier alpha value is -0.0800. The highest BCUT2D eigenvalue weighted by atomic mass is 15.0. The first kappa shape index (κ1) is 13.0. The van der Waals surface area contributed by atoms with Crippen LogP contribution in [0.25, 0.3) is 0 Å². The van der Waals surface area contributed by atoms with Crippen LogP contribution in [0.3, 0.4) is 0 Å². The molecule has 0 spiro atoms. The third-order valence-corrected chi connectivity index (χ3v) is 2.79. The standard InChI is InChI=1S/C13H28N2/c1-12(2,3)14-9-10-7-11(8-10)15-13(4,5)6/h10-11,14-15H,7-9H2,1-6H3. The van der Waals surface area contributed by atoms with Crippen LogP contribution in [0.1, 0.15) is 54.4 Å². The fourth-order valence-corrected chi connectivity index (χ4v) is 2.08. The van der Waals surface area contributed by atoms with Crippen molar-refractivity contribution in [3.63, 3.8) is 0 Å². The van der Waals surface area contributed by atoms with Gasteiger partial charge in [-0.3, -0.25) is 0 Å². The quantitative estimate of drug-likeness (QED) is 0.751. The SMILES string of the molecule is CC(C)(C)NCC1CC(NC(C)(C)C)C1. The summed E-state index contributed by atoms with van der Waals surface area (Å²) in [6.07, 6.45) is 2.67. The van der Waals surface area contributed by atoms with E-state index in [1.807, 2.05) is 0 Å². The molecule has 90 valence electrons. The van der Waals surface area contributed by atoms with Crippen molar-refractivity contribution in [1.29, 1.82) is 0 Å². The smallest absolute Gasteiger partial charge is 0.00991 e. The molecule has 1 aliphatic carbocycles. The maximum absolute atomic E-state index is 3.65. The van der Waals surface area contributed by atoms with Crippen LogP contribution in [-0.4, -0.2) is 23.7 Å². The van der Waals surface area contributed by atoms with Crippen LogP contribution in [-0.2, 0) is 0 Å². The fourth-order valence-electron chi connectivity index (χ4n) is 2.08. The molecule has 0 bridgehead atoms. The van der Waals surface area contributed by atoms with Crippen molar-refractivity contribution in [1.82, 2.24) is 10.6 Å². The third-order valence-electron chi connectivity index (χ3n) is 2.79. The number of hydrogen-bond donors (Lipinski definition) is 2. The van der Waals surface area contributed by atoms with E-state index in [9.17, 15) is 0 Å². The second kappa shape index (κ2) is 4.42. The van der Waals surface area contributed by atoms with Crippen molar-refractivity contribution < 1.29 is 0 Å². The maximum Gasteiger partial charge on any atom is 0.00991 e. The molecule has 0 aromatic carbocycles. The lowest BCUT2D eigenvalue weighted by molar-refractivity contribution is 0.173. The van der Waals surface area contributed by atoms with Crippen LogP contribution in [0.2, 0.25) is 0 Å². The predicted octanol–water partition coefficient (Wildman–Crippen LogP) is 2.54. The van der Waals surface area contributed by atoms with Gasteiger partial charge in [-0.1, -0.05) is 0 Å². The van der Waals surface area contributed by atoms with Gasteiger partial charge in [0.2, 0.25) is 0 Å². The molecule has 1 rings (SSSR count). The molecule has 1 saturated carbocycles. The Morgan fingerprint density at radius 3 is 1.87 bits per heavy atom. The summed E-state index contributed by atoms with van der Waals surface area (Å²) in [5, 5.41) is 7.23. The number of hydrogen-bond acceptors (Lipinski definition) is 2. The van der Waals surface area contributed by atoms with E-state index in [1.165, 1.54) is 19.4 Å². The number of rotatable bonds is 3. The highest BCUT2D eigenvalue weighted by Crippen LogP contribution is 2.28. The highest BCUT2D eigenvalue weighted by molar-refractivity contribution is 4.91. The van der Waals surface area contributed by atoms with Crippen molar-refractivity contribution in [2.24, 2.45) is 5.92 Å². The molecule has 2 nitrogen and oxygen atoms in total. The summed E-state index contributed by atoms with van der Waals surface area (Å²) >= 11 is 0. The lowest BCUT2D eigenvalue weighted by atomic mass is 9.79. The fraction of sp³-hybridized carbons (Fsp3) is 1.00. The van der Waals surface area contributed by atoms with Gasteiger partial charge in [-0.15, -0.1) is 0 Å². The summed E-state index contributed by atoms with van der Waals surface area (Å²) in [7, 11) is 0. The molecule has 2 N–H and O–H groups in total. The Kier molecular flexibility index (Phi) is 3.83. The summed E-state index contributed by atoms with van der Waals surface area (Å²) in [5.41, 5.74) is 0.537. The van der Waals surface area contributed by atoms with E-state index >= 15 is 0 Å². The Morgan fingerprint density at radius 1 is 0.933 bits per heavy atom. The van der Waals surface area contributed by atoms with Gasteiger partial charge in [0.25, 0.3) is 0 Å². The summed E-state index contributed by atoms with van der Waals surface area (Å²) < 4.78 is 0. The van der Waals surface area contributed by atoms with Crippen molar-refractivity contribution >= 4 is 0 Å². The van der Waals surface area contributed by atoms with Crippen molar-refractivity contribution in [3.05, 3.63) is 0 Å². The zero-order chi connectivity index (χ0) is 11.7. The van der Waals surface area contributed by atoms with Crippen LogP contribution in [0.4, 0.5) is 0 Å². The molecule has 0 atom stereocenters. The first-order chi connectivity index (χ1) is 6.66. The second-order valence-corrected chi connectivity index (χ2v) is 7.06. The van der Waals surface area contributed by atoms with Gasteiger partial charge < -0.3 is 10.6 Å². The average molecular weight is 212 g/mol. The topological polar surface area (TPSA) is 24.1 Å². The molecule has 15 heavy (non-hydrogen) atoms. The Balaban J connectivity index is 2.11. The zero-order valence-corrected chi connectivity index (χ0v) is 11.3. The van der Waals surface area contributed by atoms with Gasteiger partial charge in [0, 0.05) is 17.1 Å². The average Bonchev–Trinajstić information content (AvgIpc) is 1.89. The molecule has 0 aromatic rings. The Labute approximate surface area is 95.2 Å². The molecule has 2 heteroatoms. The number of nitrogens with one attached hydrogen (secondary N) is 2. The van der Waals surface area contributed by atoms with Gasteiger partial charge in [-0.25, -0.2) is 0 Å². The van der Waals surface area contributed by atoms with E-state index in [0.717, 1.165) is 12.0 Å². The minimum Gasteiger partial charge on any atom is -0.312 e. The molecule has 0 radical (unpaired) electrons. The van der Waals surface area contributed by atoms with E-state index in [0.29, 0.717) is 0 Å². The molecule has 0 heterocycles. The zero-order valence-electron chi connectivity index (χ0n) is 11.3. The minimum atomic E-state index is 0.266. The Bertz CT molecular complexity index is 192. The van der Waals surface area contributed by atoms with Crippen LogP contribution < -0.4 is 10.6 Å². The van der Waals surface area contributed by atoms with Crippen LogP contribution in [0.5, 0.6) is 0 Å². The van der Waals surface area contributed by atoms with E-state index in [4.69, 9.17) is 0 Å². The third kappa shape index (κ3) is 5.53. The molecule has 0 aliphatic heterocycles. The first-order valence-corrected chi connectivity index (χ1v) is 6.18. The van der Waals surface area contributed by atoms with Gasteiger partial charge in [0.1, 0.15) is 0 Å². The highest BCUT2D eigenvalue weighted by Gasteiger charge is 2.31. The van der Waals surface area contributed by atoms with Crippen molar-refractivity contribution in [2.75, 3.05) is 6.54 Å². The summed E-state index contributed by atoms with van der Waals surface area (Å²) in [4.78, 5) is 0. The lowest BCUT2D eigenvalue weighted by Crippen LogP contribution is -2.53. The molecular formula is C13H28N2. The summed E-state index contributed by atoms with van der Waals surface area (Å²) in [6.45, 7) is 14.6. The van der Waals surface area contributed by atoms with E-state index < -0.39 is 0 Å². The van der Waals surface area contributed by atoms with Crippen LogP contribution in [0, 0.1) is 5.92 Å². The van der Waals surface area contributed by atoms with Gasteiger partial charge in [0.05, 0.1) is 0 Å². The molecule has 0 amide bonds. The normalized spacial score (nSPS) is 27.6. The van der Waals surface area contributed by atoms with Crippen LogP contribution >= 0.6 is 0 Å². The summed E-state index contributed by atoms with van der Waals surface area (Å²) in [5.74, 6) is 0.879. The Morgan fingerprint density at radius 2 is 1.47 bits per heavy atom. The molecule has 1 fully saturated rings. The molecule has 1 aliphatic rings. The molecule has 0 unspecified atom stereocenters. The van der Waals surface area contributed by atoms with Gasteiger partial charge >= 0.3 is 0 Å². The largest absolute Gasteiger partial charge is 0.312 e. The predicted molar refractivity (Wildman–Crippen MR) is 67.2 cm³/mol. The van der Waals surface area contributed by atoms with E-state index in [1.54, 1.807) is 0 Å². The lowest BCUT2D eigenvalue weighted by Gasteiger charge is -2.41. The van der Waals surface area contributed by atoms with Gasteiger partial charge in [-0.2, -0.15) is 0 Å². The second-order valence-electron chi connectivity index (χ2n) is 7.06. The van der Waals surface area contributed by atoms with Gasteiger partial charge in [-0.05, 0) is 66.8 Å². The van der Waals surface area contributed by atoms with Crippen LogP contribution in [0.15, 0.2) is 0 Å².